The van der Waals surface area contributed by atoms with E-state index in [4.69, 9.17) is 16.6 Å². The first-order valence-corrected chi connectivity index (χ1v) is 6.43. The van der Waals surface area contributed by atoms with E-state index in [0.717, 1.165) is 22.6 Å². The second-order valence-electron chi connectivity index (χ2n) is 4.59. The average molecular weight is 276 g/mol. The van der Waals surface area contributed by atoms with Crippen molar-refractivity contribution in [3.05, 3.63) is 52.4 Å². The van der Waals surface area contributed by atoms with Gasteiger partial charge in [0.2, 0.25) is 0 Å². The number of nitrogens with zero attached hydrogens (tertiary/aromatic N) is 1. The molecule has 98 valence electrons. The normalized spacial score (nSPS) is 13.0. The number of aryl methyl sites for hydroxylation is 1. The number of aromatic nitrogens is 2. The van der Waals surface area contributed by atoms with Crippen LogP contribution in [0, 0.1) is 17.5 Å². The summed E-state index contributed by atoms with van der Waals surface area (Å²) >= 11 is 5.32. The number of halogens is 1. The van der Waals surface area contributed by atoms with Gasteiger partial charge < -0.3 is 14.0 Å². The predicted octanol–water partition coefficient (Wildman–Crippen LogP) is 4.35. The largest absolute Gasteiger partial charge is 0.464 e. The molecule has 1 aromatic carbocycles. The number of benzene rings is 1. The monoisotopic (exact) mass is 276 g/mol. The Labute approximate surface area is 114 Å². The Bertz CT molecular complexity index is 799. The number of imidazole rings is 1. The molecule has 19 heavy (non-hydrogen) atoms. The van der Waals surface area contributed by atoms with Crippen molar-refractivity contribution in [3.8, 4) is 0 Å². The Morgan fingerprint density at radius 2 is 2.11 bits per heavy atom. The molecule has 0 aliphatic rings. The molecule has 3 rings (SSSR count). The third-order valence-corrected chi connectivity index (χ3v) is 3.54. The van der Waals surface area contributed by atoms with Crippen LogP contribution in [-0.2, 0) is 0 Å². The minimum Gasteiger partial charge on any atom is -0.464 e. The number of nitrogens with one attached hydrogen (secondary N) is 1. The van der Waals surface area contributed by atoms with Gasteiger partial charge in [-0.3, -0.25) is 0 Å². The van der Waals surface area contributed by atoms with Crippen molar-refractivity contribution in [2.45, 2.75) is 19.9 Å². The van der Waals surface area contributed by atoms with Gasteiger partial charge in [0, 0.05) is 0 Å². The zero-order valence-electron chi connectivity index (χ0n) is 10.6. The van der Waals surface area contributed by atoms with E-state index in [1.807, 2.05) is 30.5 Å². The molecule has 0 saturated heterocycles. The summed E-state index contributed by atoms with van der Waals surface area (Å²) in [6.07, 6.45) is 0. The van der Waals surface area contributed by atoms with Crippen LogP contribution >= 0.6 is 12.2 Å². The van der Waals surface area contributed by atoms with Crippen LogP contribution in [0.25, 0.3) is 11.0 Å². The zero-order chi connectivity index (χ0) is 13.6. The molecule has 0 aliphatic heterocycles. The summed E-state index contributed by atoms with van der Waals surface area (Å²) in [5.41, 5.74) is 1.56. The van der Waals surface area contributed by atoms with E-state index in [-0.39, 0.29) is 11.9 Å². The van der Waals surface area contributed by atoms with Crippen LogP contribution in [0.1, 0.15) is 24.5 Å². The summed E-state index contributed by atoms with van der Waals surface area (Å²) in [5, 5.41) is 0. The summed E-state index contributed by atoms with van der Waals surface area (Å²) in [4.78, 5) is 3.08. The Kier molecular flexibility index (Phi) is 2.78. The lowest BCUT2D eigenvalue weighted by atomic mass is 10.2. The molecule has 1 atom stereocenters. The van der Waals surface area contributed by atoms with Crippen molar-refractivity contribution in [1.29, 1.82) is 0 Å². The van der Waals surface area contributed by atoms with E-state index >= 15 is 0 Å². The van der Waals surface area contributed by atoms with Gasteiger partial charge in [0.25, 0.3) is 0 Å². The van der Waals surface area contributed by atoms with Crippen molar-refractivity contribution < 1.29 is 8.81 Å². The molecule has 0 spiro atoms. The number of fused-ring (bicyclic) bond motifs is 1. The lowest BCUT2D eigenvalue weighted by molar-refractivity contribution is 0.431. The standard InChI is InChI=1S/C14H13FN2OS/c1-8-3-6-13(18-8)9(2)17-12-7-10(15)4-5-11(12)16-14(17)19/h3-7,9H,1-2H3,(H,16,19). The predicted molar refractivity (Wildman–Crippen MR) is 74.3 cm³/mol. The maximum atomic E-state index is 13.4. The van der Waals surface area contributed by atoms with Gasteiger partial charge in [-0.25, -0.2) is 4.39 Å². The second kappa shape index (κ2) is 4.35. The molecule has 0 amide bonds. The van der Waals surface area contributed by atoms with Gasteiger partial charge >= 0.3 is 0 Å². The smallest absolute Gasteiger partial charge is 0.178 e. The first-order chi connectivity index (χ1) is 9.06. The highest BCUT2D eigenvalue weighted by Gasteiger charge is 2.16. The van der Waals surface area contributed by atoms with Gasteiger partial charge in [-0.05, 0) is 56.4 Å². The van der Waals surface area contributed by atoms with Crippen LogP contribution in [0.4, 0.5) is 4.39 Å². The molecule has 0 fully saturated rings. The van der Waals surface area contributed by atoms with Crippen molar-refractivity contribution in [2.75, 3.05) is 0 Å². The van der Waals surface area contributed by atoms with Gasteiger partial charge in [-0.15, -0.1) is 0 Å². The molecule has 1 N–H and O–H groups in total. The zero-order valence-corrected chi connectivity index (χ0v) is 11.4. The van der Waals surface area contributed by atoms with E-state index in [1.54, 1.807) is 6.07 Å². The van der Waals surface area contributed by atoms with E-state index in [0.29, 0.717) is 4.77 Å². The number of furan rings is 1. The SMILES string of the molecule is Cc1ccc(C(C)n2c(=S)[nH]c3ccc(F)cc32)o1. The number of rotatable bonds is 2. The molecule has 5 heteroatoms. The molecule has 0 bridgehead atoms. The van der Waals surface area contributed by atoms with Crippen LogP contribution in [0.5, 0.6) is 0 Å². The molecule has 0 saturated carbocycles. The molecule has 2 aromatic heterocycles. The highest BCUT2D eigenvalue weighted by atomic mass is 32.1. The fourth-order valence-corrected chi connectivity index (χ4v) is 2.65. The molecular weight excluding hydrogens is 263 g/mol. The van der Waals surface area contributed by atoms with Crippen LogP contribution in [-0.4, -0.2) is 9.55 Å². The highest BCUT2D eigenvalue weighted by Crippen LogP contribution is 2.26. The molecule has 0 aliphatic carbocycles. The van der Waals surface area contributed by atoms with Crippen LogP contribution in [0.2, 0.25) is 0 Å². The van der Waals surface area contributed by atoms with Crippen molar-refractivity contribution in [1.82, 2.24) is 9.55 Å². The first kappa shape index (κ1) is 12.2. The van der Waals surface area contributed by atoms with E-state index in [9.17, 15) is 4.39 Å². The van der Waals surface area contributed by atoms with E-state index in [2.05, 4.69) is 4.98 Å². The molecular formula is C14H13FN2OS. The maximum Gasteiger partial charge on any atom is 0.178 e. The highest BCUT2D eigenvalue weighted by molar-refractivity contribution is 7.71. The van der Waals surface area contributed by atoms with Crippen molar-refractivity contribution >= 4 is 23.3 Å². The quantitative estimate of drug-likeness (QED) is 0.706. The van der Waals surface area contributed by atoms with Gasteiger partial charge in [0.1, 0.15) is 17.3 Å². The molecule has 2 heterocycles. The van der Waals surface area contributed by atoms with Crippen LogP contribution in [0.15, 0.2) is 34.7 Å². The third-order valence-electron chi connectivity index (χ3n) is 3.24. The number of H-pyrrole nitrogens is 1. The molecule has 1 unspecified atom stereocenters. The van der Waals surface area contributed by atoms with Crippen LogP contribution in [0.3, 0.4) is 0 Å². The summed E-state index contributed by atoms with van der Waals surface area (Å²) in [6.45, 7) is 3.87. The van der Waals surface area contributed by atoms with Gasteiger partial charge in [-0.2, -0.15) is 0 Å². The summed E-state index contributed by atoms with van der Waals surface area (Å²) in [5.74, 6) is 1.37. The number of hydrogen-bond donors (Lipinski definition) is 1. The number of aromatic amines is 1. The minimum atomic E-state index is -0.280. The Morgan fingerprint density at radius 1 is 1.32 bits per heavy atom. The summed E-state index contributed by atoms with van der Waals surface area (Å²) in [6, 6.07) is 8.33. The Hall–Kier alpha value is -1.88. The topological polar surface area (TPSA) is 33.9 Å². The number of hydrogen-bond acceptors (Lipinski definition) is 2. The lowest BCUT2D eigenvalue weighted by Crippen LogP contribution is -2.05. The fraction of sp³-hybridized carbons (Fsp3) is 0.214. The fourth-order valence-electron chi connectivity index (χ4n) is 2.28. The minimum absolute atomic E-state index is 0.0863. The van der Waals surface area contributed by atoms with E-state index in [1.165, 1.54) is 12.1 Å². The van der Waals surface area contributed by atoms with Gasteiger partial charge in [0.05, 0.1) is 17.1 Å². The Morgan fingerprint density at radius 3 is 2.79 bits per heavy atom. The third kappa shape index (κ3) is 2.00. The summed E-state index contributed by atoms with van der Waals surface area (Å²) < 4.78 is 21.5. The van der Waals surface area contributed by atoms with Crippen molar-refractivity contribution in [3.63, 3.8) is 0 Å². The first-order valence-electron chi connectivity index (χ1n) is 6.02. The molecule has 3 aromatic rings. The summed E-state index contributed by atoms with van der Waals surface area (Å²) in [7, 11) is 0. The molecule has 0 radical (unpaired) electrons. The van der Waals surface area contributed by atoms with Crippen molar-refractivity contribution in [2.24, 2.45) is 0 Å². The molecule has 3 nitrogen and oxygen atoms in total. The second-order valence-corrected chi connectivity index (χ2v) is 4.97. The maximum absolute atomic E-state index is 13.4. The van der Waals surface area contributed by atoms with Crippen LogP contribution < -0.4 is 0 Å². The van der Waals surface area contributed by atoms with Gasteiger partial charge in [0.15, 0.2) is 4.77 Å². The average Bonchev–Trinajstić information content (AvgIpc) is 2.91. The van der Waals surface area contributed by atoms with Gasteiger partial charge in [-0.1, -0.05) is 0 Å². The lowest BCUT2D eigenvalue weighted by Gasteiger charge is -2.12. The van der Waals surface area contributed by atoms with E-state index < -0.39 is 0 Å². The Balaban J connectivity index is 2.21.